The van der Waals surface area contributed by atoms with Crippen molar-refractivity contribution in [1.29, 1.82) is 0 Å². The molecule has 130 valence electrons. The molecule has 5 heteroatoms. The molecule has 0 saturated carbocycles. The fourth-order valence-electron chi connectivity index (χ4n) is 2.76. The molecule has 0 aliphatic carbocycles. The summed E-state index contributed by atoms with van der Waals surface area (Å²) in [7, 11) is 4.04. The molecule has 3 aromatic rings. The van der Waals surface area contributed by atoms with Crippen LogP contribution in [-0.2, 0) is 6.42 Å². The second-order valence-corrected chi connectivity index (χ2v) is 6.29. The van der Waals surface area contributed by atoms with E-state index in [0.29, 0.717) is 12.4 Å². The summed E-state index contributed by atoms with van der Waals surface area (Å²) < 4.78 is 5.84. The standard InChI is InChI=1S/C20H23N3O2/c1-23(2)16-7-5-8-17(13-16)25-11-4-3-6-15-9-10-18-19(12-15)22-20(14-24)21-18/h5,7-10,12-14H,3-4,6,11H2,1-2H3,(H,21,22). The Morgan fingerprint density at radius 1 is 1.16 bits per heavy atom. The predicted molar refractivity (Wildman–Crippen MR) is 101 cm³/mol. The normalized spacial score (nSPS) is 10.8. The van der Waals surface area contributed by atoms with Crippen LogP contribution in [0.15, 0.2) is 42.5 Å². The number of nitrogens with zero attached hydrogens (tertiary/aromatic N) is 2. The van der Waals surface area contributed by atoms with E-state index in [9.17, 15) is 4.79 Å². The van der Waals surface area contributed by atoms with Crippen molar-refractivity contribution in [2.75, 3.05) is 25.6 Å². The minimum absolute atomic E-state index is 0.375. The molecule has 1 N–H and O–H groups in total. The summed E-state index contributed by atoms with van der Waals surface area (Å²) in [5.41, 5.74) is 4.12. The highest BCUT2D eigenvalue weighted by atomic mass is 16.5. The summed E-state index contributed by atoms with van der Waals surface area (Å²) in [4.78, 5) is 20.0. The number of imidazole rings is 1. The third-order valence-electron chi connectivity index (χ3n) is 4.14. The van der Waals surface area contributed by atoms with Gasteiger partial charge < -0.3 is 14.6 Å². The average molecular weight is 337 g/mol. The Bertz CT molecular complexity index is 855. The summed E-state index contributed by atoms with van der Waals surface area (Å²) in [6.07, 6.45) is 3.76. The van der Waals surface area contributed by atoms with Crippen molar-refractivity contribution in [3.05, 3.63) is 53.9 Å². The number of anilines is 1. The molecule has 0 spiro atoms. The van der Waals surface area contributed by atoms with Crippen LogP contribution < -0.4 is 9.64 Å². The maximum absolute atomic E-state index is 10.8. The summed E-state index contributed by atoms with van der Waals surface area (Å²) in [5, 5.41) is 0. The smallest absolute Gasteiger partial charge is 0.185 e. The highest BCUT2D eigenvalue weighted by Gasteiger charge is 2.03. The first-order valence-electron chi connectivity index (χ1n) is 8.50. The van der Waals surface area contributed by atoms with Gasteiger partial charge in [-0.05, 0) is 49.1 Å². The highest BCUT2D eigenvalue weighted by molar-refractivity contribution is 5.82. The third-order valence-corrected chi connectivity index (χ3v) is 4.14. The van der Waals surface area contributed by atoms with E-state index in [0.717, 1.165) is 48.0 Å². The second kappa shape index (κ2) is 7.83. The van der Waals surface area contributed by atoms with Crippen molar-refractivity contribution in [3.63, 3.8) is 0 Å². The van der Waals surface area contributed by atoms with Gasteiger partial charge in [0, 0.05) is 25.8 Å². The molecule has 0 radical (unpaired) electrons. The molecule has 1 heterocycles. The minimum atomic E-state index is 0.375. The lowest BCUT2D eigenvalue weighted by atomic mass is 10.1. The van der Waals surface area contributed by atoms with Crippen LogP contribution in [0.4, 0.5) is 5.69 Å². The topological polar surface area (TPSA) is 58.2 Å². The lowest BCUT2D eigenvalue weighted by Crippen LogP contribution is -2.08. The number of nitrogens with one attached hydrogen (secondary N) is 1. The van der Waals surface area contributed by atoms with Gasteiger partial charge in [-0.25, -0.2) is 4.98 Å². The number of hydrogen-bond acceptors (Lipinski definition) is 4. The van der Waals surface area contributed by atoms with E-state index in [1.807, 2.05) is 32.3 Å². The molecule has 0 bridgehead atoms. The molecule has 0 aliphatic rings. The largest absolute Gasteiger partial charge is 0.494 e. The number of carbonyl (C=O) groups excluding carboxylic acids is 1. The molecule has 0 aliphatic heterocycles. The molecule has 2 aromatic carbocycles. The average Bonchev–Trinajstić information content (AvgIpc) is 3.04. The number of fused-ring (bicyclic) bond motifs is 1. The molecule has 0 unspecified atom stereocenters. The molecular formula is C20H23N3O2. The molecule has 25 heavy (non-hydrogen) atoms. The van der Waals surface area contributed by atoms with E-state index < -0.39 is 0 Å². The van der Waals surface area contributed by atoms with Gasteiger partial charge in [-0.1, -0.05) is 12.1 Å². The first kappa shape index (κ1) is 17.0. The number of benzene rings is 2. The van der Waals surface area contributed by atoms with Gasteiger partial charge in [-0.3, -0.25) is 4.79 Å². The Kier molecular flexibility index (Phi) is 5.33. The molecule has 0 saturated heterocycles. The van der Waals surface area contributed by atoms with Crippen molar-refractivity contribution in [2.24, 2.45) is 0 Å². The fraction of sp³-hybridized carbons (Fsp3) is 0.300. The molecule has 1 aromatic heterocycles. The van der Waals surface area contributed by atoms with E-state index in [4.69, 9.17) is 4.74 Å². The number of unbranched alkanes of at least 4 members (excludes halogenated alkanes) is 1. The van der Waals surface area contributed by atoms with Gasteiger partial charge in [0.15, 0.2) is 12.1 Å². The molecule has 3 rings (SSSR count). The molecule has 0 fully saturated rings. The number of H-pyrrole nitrogens is 1. The van der Waals surface area contributed by atoms with Crippen LogP contribution >= 0.6 is 0 Å². The van der Waals surface area contributed by atoms with Crippen LogP contribution in [0.5, 0.6) is 5.75 Å². The van der Waals surface area contributed by atoms with E-state index in [1.54, 1.807) is 0 Å². The Morgan fingerprint density at radius 2 is 2.04 bits per heavy atom. The van der Waals surface area contributed by atoms with Crippen LogP contribution in [0.1, 0.15) is 29.0 Å². The molecule has 0 atom stereocenters. The van der Waals surface area contributed by atoms with Crippen molar-refractivity contribution in [3.8, 4) is 5.75 Å². The zero-order chi connectivity index (χ0) is 17.6. The van der Waals surface area contributed by atoms with Gasteiger partial charge in [0.05, 0.1) is 17.6 Å². The Morgan fingerprint density at radius 3 is 2.84 bits per heavy atom. The van der Waals surface area contributed by atoms with E-state index >= 15 is 0 Å². The first-order chi connectivity index (χ1) is 12.2. The van der Waals surface area contributed by atoms with Crippen LogP contribution in [0.25, 0.3) is 11.0 Å². The van der Waals surface area contributed by atoms with Gasteiger partial charge in [0.2, 0.25) is 0 Å². The molecule has 0 amide bonds. The Hall–Kier alpha value is -2.82. The van der Waals surface area contributed by atoms with E-state index in [2.05, 4.69) is 39.1 Å². The van der Waals surface area contributed by atoms with Crippen LogP contribution in [-0.4, -0.2) is 37.0 Å². The number of aromatic nitrogens is 2. The van der Waals surface area contributed by atoms with Gasteiger partial charge in [0.1, 0.15) is 5.75 Å². The third kappa shape index (κ3) is 4.38. The van der Waals surface area contributed by atoms with Crippen LogP contribution in [0, 0.1) is 0 Å². The summed E-state index contributed by atoms with van der Waals surface area (Å²) in [6, 6.07) is 14.2. The molecular weight excluding hydrogens is 314 g/mol. The van der Waals surface area contributed by atoms with E-state index in [-0.39, 0.29) is 0 Å². The van der Waals surface area contributed by atoms with Crippen molar-refractivity contribution in [1.82, 2.24) is 9.97 Å². The number of hydrogen-bond donors (Lipinski definition) is 1. The monoisotopic (exact) mass is 337 g/mol. The van der Waals surface area contributed by atoms with Gasteiger partial charge in [-0.15, -0.1) is 0 Å². The lowest BCUT2D eigenvalue weighted by Gasteiger charge is -2.14. The van der Waals surface area contributed by atoms with Gasteiger partial charge in [0.25, 0.3) is 0 Å². The fourth-order valence-corrected chi connectivity index (χ4v) is 2.76. The van der Waals surface area contributed by atoms with E-state index in [1.165, 1.54) is 5.56 Å². The number of ether oxygens (including phenoxy) is 1. The Labute approximate surface area is 147 Å². The van der Waals surface area contributed by atoms with Crippen LogP contribution in [0.3, 0.4) is 0 Å². The highest BCUT2D eigenvalue weighted by Crippen LogP contribution is 2.20. The summed E-state index contributed by atoms with van der Waals surface area (Å²) in [6.45, 7) is 0.707. The number of rotatable bonds is 8. The van der Waals surface area contributed by atoms with Gasteiger partial charge >= 0.3 is 0 Å². The second-order valence-electron chi connectivity index (χ2n) is 6.29. The maximum atomic E-state index is 10.8. The van der Waals surface area contributed by atoms with Gasteiger partial charge in [-0.2, -0.15) is 0 Å². The SMILES string of the molecule is CN(C)c1cccc(OCCCCc2ccc3nc(C=O)[nH]c3c2)c1. The van der Waals surface area contributed by atoms with Crippen molar-refractivity contribution in [2.45, 2.75) is 19.3 Å². The summed E-state index contributed by atoms with van der Waals surface area (Å²) >= 11 is 0. The van der Waals surface area contributed by atoms with Crippen molar-refractivity contribution >= 4 is 23.0 Å². The first-order valence-corrected chi connectivity index (χ1v) is 8.50. The zero-order valence-electron chi connectivity index (χ0n) is 14.7. The number of aromatic amines is 1. The molecule has 5 nitrogen and oxygen atoms in total. The minimum Gasteiger partial charge on any atom is -0.494 e. The maximum Gasteiger partial charge on any atom is 0.185 e. The zero-order valence-corrected chi connectivity index (χ0v) is 14.7. The number of aldehydes is 1. The summed E-state index contributed by atoms with van der Waals surface area (Å²) in [5.74, 6) is 1.28. The van der Waals surface area contributed by atoms with Crippen molar-refractivity contribution < 1.29 is 9.53 Å². The lowest BCUT2D eigenvalue weighted by molar-refractivity contribution is 0.111. The number of carbonyl (C=O) groups is 1. The van der Waals surface area contributed by atoms with Crippen LogP contribution in [0.2, 0.25) is 0 Å². The Balaban J connectivity index is 1.47. The quantitative estimate of drug-likeness (QED) is 0.501. The number of aryl methyl sites for hydroxylation is 1. The predicted octanol–water partition coefficient (Wildman–Crippen LogP) is 3.84.